The van der Waals surface area contributed by atoms with Gasteiger partial charge in [0.15, 0.2) is 6.10 Å². The fourth-order valence-corrected chi connectivity index (χ4v) is 4.28. The summed E-state index contributed by atoms with van der Waals surface area (Å²) in [5.41, 5.74) is 4.50. The molecule has 0 spiro atoms. The molecular formula is C26H32N2O6. The summed E-state index contributed by atoms with van der Waals surface area (Å²) in [5.74, 6) is -1.40. The average molecular weight is 469 g/mol. The van der Waals surface area contributed by atoms with Gasteiger partial charge in [0.1, 0.15) is 12.6 Å². The summed E-state index contributed by atoms with van der Waals surface area (Å²) in [6, 6.07) is 15.4. The number of ether oxygens (including phenoxy) is 2. The minimum atomic E-state index is -1.09. The minimum Gasteiger partial charge on any atom is -0.479 e. The highest BCUT2D eigenvalue weighted by Crippen LogP contribution is 2.44. The molecule has 0 bridgehead atoms. The Morgan fingerprint density at radius 3 is 2.12 bits per heavy atom. The first kappa shape index (κ1) is 25.2. The van der Waals surface area contributed by atoms with E-state index in [1.807, 2.05) is 50.2 Å². The molecular weight excluding hydrogens is 436 g/mol. The maximum atomic E-state index is 12.7. The van der Waals surface area contributed by atoms with E-state index in [0.29, 0.717) is 6.42 Å². The van der Waals surface area contributed by atoms with E-state index in [4.69, 9.17) is 14.6 Å². The third kappa shape index (κ3) is 6.14. The lowest BCUT2D eigenvalue weighted by atomic mass is 9.98. The number of fused-ring (bicyclic) bond motifs is 3. The van der Waals surface area contributed by atoms with Gasteiger partial charge in [0.2, 0.25) is 5.91 Å². The van der Waals surface area contributed by atoms with Crippen molar-refractivity contribution in [3.05, 3.63) is 59.7 Å². The predicted molar refractivity (Wildman–Crippen MR) is 128 cm³/mol. The smallest absolute Gasteiger partial charge is 0.407 e. The van der Waals surface area contributed by atoms with Gasteiger partial charge in [0, 0.05) is 26.0 Å². The second-order valence-electron chi connectivity index (χ2n) is 8.79. The van der Waals surface area contributed by atoms with E-state index in [1.54, 1.807) is 0 Å². The highest BCUT2D eigenvalue weighted by atomic mass is 16.5. The monoisotopic (exact) mass is 468 g/mol. The maximum Gasteiger partial charge on any atom is 0.407 e. The van der Waals surface area contributed by atoms with E-state index in [-0.39, 0.29) is 37.3 Å². The lowest BCUT2D eigenvalue weighted by Gasteiger charge is -2.21. The topological polar surface area (TPSA) is 114 Å². The zero-order valence-corrected chi connectivity index (χ0v) is 19.7. The predicted octanol–water partition coefficient (Wildman–Crippen LogP) is 3.55. The number of carboxylic acids is 1. The highest BCUT2D eigenvalue weighted by molar-refractivity contribution is 5.86. The zero-order valence-electron chi connectivity index (χ0n) is 19.7. The Kier molecular flexibility index (Phi) is 8.65. The summed E-state index contributed by atoms with van der Waals surface area (Å²) in [7, 11) is 1.31. The number of aliphatic carboxylic acids is 1. The molecule has 2 aromatic carbocycles. The molecule has 8 heteroatoms. The van der Waals surface area contributed by atoms with Crippen molar-refractivity contribution >= 4 is 18.0 Å². The number of carboxylic acid groups (broad SMARTS) is 1. The molecule has 2 amide bonds. The number of alkyl carbamates (subject to hydrolysis) is 1. The molecule has 182 valence electrons. The lowest BCUT2D eigenvalue weighted by Crippen LogP contribution is -2.48. The van der Waals surface area contributed by atoms with Crippen LogP contribution in [0.5, 0.6) is 0 Å². The normalized spacial score (nSPS) is 14.1. The van der Waals surface area contributed by atoms with Gasteiger partial charge in [-0.15, -0.1) is 0 Å². The fraction of sp³-hybridized carbons (Fsp3) is 0.423. The van der Waals surface area contributed by atoms with Gasteiger partial charge in [-0.1, -0.05) is 62.4 Å². The fourth-order valence-electron chi connectivity index (χ4n) is 4.28. The minimum absolute atomic E-state index is 0.0717. The number of benzene rings is 2. The molecule has 2 unspecified atom stereocenters. The SMILES string of the molecule is COC(CCNC(=O)C(CC(C)C)NC(=O)OCC1c2ccccc2-c2ccccc21)C(=O)O. The first-order valence-corrected chi connectivity index (χ1v) is 11.5. The Balaban J connectivity index is 1.59. The molecule has 2 aromatic rings. The third-order valence-corrected chi connectivity index (χ3v) is 5.93. The van der Waals surface area contributed by atoms with Crippen molar-refractivity contribution in [2.24, 2.45) is 5.92 Å². The number of hydrogen-bond donors (Lipinski definition) is 3. The molecule has 1 aliphatic rings. The molecule has 34 heavy (non-hydrogen) atoms. The van der Waals surface area contributed by atoms with Gasteiger partial charge < -0.3 is 25.2 Å². The van der Waals surface area contributed by atoms with E-state index in [2.05, 4.69) is 22.8 Å². The van der Waals surface area contributed by atoms with Crippen molar-refractivity contribution in [1.82, 2.24) is 10.6 Å². The quantitative estimate of drug-likeness (QED) is 0.465. The standard InChI is InChI=1S/C26H32N2O6/c1-16(2)14-22(24(29)27-13-12-23(33-3)25(30)31)28-26(32)34-15-21-19-10-6-4-8-17(19)18-9-5-7-11-20(18)21/h4-11,16,21-23H,12-15H2,1-3H3,(H,27,29)(H,28,32)(H,30,31). The van der Waals surface area contributed by atoms with Crippen LogP contribution >= 0.6 is 0 Å². The van der Waals surface area contributed by atoms with Crippen molar-refractivity contribution in [2.45, 2.75) is 44.8 Å². The highest BCUT2D eigenvalue weighted by Gasteiger charge is 2.30. The molecule has 0 aromatic heterocycles. The first-order valence-electron chi connectivity index (χ1n) is 11.5. The van der Waals surface area contributed by atoms with E-state index in [9.17, 15) is 14.4 Å². The van der Waals surface area contributed by atoms with Crippen LogP contribution in [-0.2, 0) is 19.1 Å². The Morgan fingerprint density at radius 1 is 1.00 bits per heavy atom. The molecule has 2 atom stereocenters. The van der Waals surface area contributed by atoms with Crippen LogP contribution < -0.4 is 10.6 Å². The lowest BCUT2D eigenvalue weighted by molar-refractivity contribution is -0.149. The third-order valence-electron chi connectivity index (χ3n) is 5.93. The van der Waals surface area contributed by atoms with Crippen LogP contribution in [0.25, 0.3) is 11.1 Å². The summed E-state index contributed by atoms with van der Waals surface area (Å²) in [5, 5.41) is 14.4. The van der Waals surface area contributed by atoms with Gasteiger partial charge in [0.05, 0.1) is 0 Å². The van der Waals surface area contributed by atoms with Gasteiger partial charge in [0.25, 0.3) is 0 Å². The molecule has 0 saturated heterocycles. The summed E-state index contributed by atoms with van der Waals surface area (Å²) >= 11 is 0. The van der Waals surface area contributed by atoms with Crippen LogP contribution in [0.4, 0.5) is 4.79 Å². The number of carbonyl (C=O) groups excluding carboxylic acids is 2. The second kappa shape index (κ2) is 11.7. The van der Waals surface area contributed by atoms with Gasteiger partial charge in [-0.3, -0.25) is 4.79 Å². The summed E-state index contributed by atoms with van der Waals surface area (Å²) in [6.45, 7) is 4.17. The van der Waals surface area contributed by atoms with Crippen LogP contribution in [0.1, 0.15) is 43.7 Å². The van der Waals surface area contributed by atoms with Gasteiger partial charge >= 0.3 is 12.1 Å². The summed E-state index contributed by atoms with van der Waals surface area (Å²) in [4.78, 5) is 36.4. The number of methoxy groups -OCH3 is 1. The summed E-state index contributed by atoms with van der Waals surface area (Å²) < 4.78 is 10.4. The van der Waals surface area contributed by atoms with Gasteiger partial charge in [-0.05, 0) is 34.6 Å². The molecule has 8 nitrogen and oxygen atoms in total. The van der Waals surface area contributed by atoms with Crippen LogP contribution in [-0.4, -0.2) is 55.5 Å². The number of amides is 2. The number of carbonyl (C=O) groups is 3. The van der Waals surface area contributed by atoms with E-state index < -0.39 is 24.2 Å². The zero-order chi connectivity index (χ0) is 24.7. The van der Waals surface area contributed by atoms with Crippen molar-refractivity contribution in [1.29, 1.82) is 0 Å². The van der Waals surface area contributed by atoms with E-state index in [0.717, 1.165) is 22.3 Å². The molecule has 0 heterocycles. The first-order chi connectivity index (χ1) is 16.3. The number of nitrogens with one attached hydrogen (secondary N) is 2. The van der Waals surface area contributed by atoms with Crippen molar-refractivity contribution < 1.29 is 29.0 Å². The number of hydrogen-bond acceptors (Lipinski definition) is 5. The van der Waals surface area contributed by atoms with E-state index >= 15 is 0 Å². The Labute approximate surface area is 199 Å². The molecule has 0 aliphatic heterocycles. The molecule has 0 radical (unpaired) electrons. The largest absolute Gasteiger partial charge is 0.479 e. The van der Waals surface area contributed by atoms with Crippen LogP contribution in [0.3, 0.4) is 0 Å². The Morgan fingerprint density at radius 2 is 1.59 bits per heavy atom. The van der Waals surface area contributed by atoms with Crippen LogP contribution in [0, 0.1) is 5.92 Å². The maximum absolute atomic E-state index is 12.7. The van der Waals surface area contributed by atoms with Crippen molar-refractivity contribution in [2.75, 3.05) is 20.3 Å². The molecule has 1 aliphatic carbocycles. The average Bonchev–Trinajstić information content (AvgIpc) is 3.13. The molecule has 3 N–H and O–H groups in total. The number of rotatable bonds is 11. The van der Waals surface area contributed by atoms with E-state index in [1.165, 1.54) is 7.11 Å². The Hall–Kier alpha value is -3.39. The molecule has 0 fully saturated rings. The summed E-state index contributed by atoms with van der Waals surface area (Å²) in [6.07, 6.45) is -1.12. The van der Waals surface area contributed by atoms with Crippen molar-refractivity contribution in [3.8, 4) is 11.1 Å². The molecule has 0 saturated carbocycles. The van der Waals surface area contributed by atoms with Crippen LogP contribution in [0.15, 0.2) is 48.5 Å². The van der Waals surface area contributed by atoms with Crippen LogP contribution in [0.2, 0.25) is 0 Å². The Bertz CT molecular complexity index is 976. The second-order valence-corrected chi connectivity index (χ2v) is 8.79. The molecule has 3 rings (SSSR count). The van der Waals surface area contributed by atoms with Gasteiger partial charge in [-0.2, -0.15) is 0 Å². The van der Waals surface area contributed by atoms with Crippen molar-refractivity contribution in [3.63, 3.8) is 0 Å². The van der Waals surface area contributed by atoms with Gasteiger partial charge in [-0.25, -0.2) is 9.59 Å².